The molecule has 64 valence electrons. The zero-order valence-corrected chi connectivity index (χ0v) is 8.07. The summed E-state index contributed by atoms with van der Waals surface area (Å²) < 4.78 is 13.9. The second-order valence-electron chi connectivity index (χ2n) is 2.94. The van der Waals surface area contributed by atoms with Crippen molar-refractivity contribution in [3.05, 3.63) is 34.1 Å². The molecule has 1 aromatic rings. The van der Waals surface area contributed by atoms with Gasteiger partial charge in [0.05, 0.1) is 4.47 Å². The van der Waals surface area contributed by atoms with E-state index in [-0.39, 0.29) is 11.9 Å². The predicted molar refractivity (Wildman–Crippen MR) is 49.5 cm³/mol. The van der Waals surface area contributed by atoms with E-state index in [1.807, 2.05) is 12.1 Å². The average Bonchev–Trinajstić information content (AvgIpc) is 1.95. The average molecular weight is 230 g/mol. The molecular formula is C9H9BrFN. The first-order valence-electron chi connectivity index (χ1n) is 3.96. The highest BCUT2D eigenvalue weighted by Gasteiger charge is 2.22. The number of halogens is 2. The quantitative estimate of drug-likeness (QED) is 0.781. The fraction of sp³-hybridized carbons (Fsp3) is 0.333. The molecule has 0 aliphatic carbocycles. The van der Waals surface area contributed by atoms with Crippen LogP contribution in [0, 0.1) is 5.82 Å². The minimum absolute atomic E-state index is 0.130. The Hall–Kier alpha value is -0.410. The maximum absolute atomic E-state index is 13.4. The highest BCUT2D eigenvalue weighted by Crippen LogP contribution is 2.28. The lowest BCUT2D eigenvalue weighted by atomic mass is 9.98. The minimum atomic E-state index is -0.130. The second kappa shape index (κ2) is 3.15. The van der Waals surface area contributed by atoms with Crippen molar-refractivity contribution < 1.29 is 4.39 Å². The smallest absolute Gasteiger partial charge is 0.142 e. The lowest BCUT2D eigenvalue weighted by Crippen LogP contribution is -2.35. The van der Waals surface area contributed by atoms with E-state index in [2.05, 4.69) is 21.2 Å². The van der Waals surface area contributed by atoms with Crippen molar-refractivity contribution in [3.63, 3.8) is 0 Å². The van der Waals surface area contributed by atoms with Gasteiger partial charge >= 0.3 is 0 Å². The first-order chi connectivity index (χ1) is 5.79. The Morgan fingerprint density at radius 2 is 2.25 bits per heavy atom. The van der Waals surface area contributed by atoms with Gasteiger partial charge in [-0.2, -0.15) is 0 Å². The Bertz CT molecular complexity index is 297. The van der Waals surface area contributed by atoms with Crippen LogP contribution >= 0.6 is 15.9 Å². The van der Waals surface area contributed by atoms with Crippen molar-refractivity contribution in [1.82, 2.24) is 5.32 Å². The number of benzene rings is 1. The van der Waals surface area contributed by atoms with Crippen molar-refractivity contribution in [1.29, 1.82) is 0 Å². The maximum Gasteiger partial charge on any atom is 0.142 e. The zero-order valence-electron chi connectivity index (χ0n) is 6.48. The van der Waals surface area contributed by atoms with E-state index in [0.717, 1.165) is 18.5 Å². The van der Waals surface area contributed by atoms with E-state index in [1.165, 1.54) is 0 Å². The van der Waals surface area contributed by atoms with Crippen LogP contribution in [0.15, 0.2) is 22.7 Å². The molecule has 1 aliphatic rings. The molecule has 1 N–H and O–H groups in total. The summed E-state index contributed by atoms with van der Waals surface area (Å²) in [6.07, 6.45) is 1.04. The van der Waals surface area contributed by atoms with Crippen LogP contribution in [0.1, 0.15) is 18.0 Å². The minimum Gasteiger partial charge on any atom is -0.310 e. The van der Waals surface area contributed by atoms with E-state index in [1.54, 1.807) is 6.07 Å². The summed E-state index contributed by atoms with van der Waals surface area (Å²) in [7, 11) is 0. The Labute approximate surface area is 79.1 Å². The Balaban J connectivity index is 2.36. The molecule has 1 fully saturated rings. The van der Waals surface area contributed by atoms with Crippen LogP contribution in [-0.4, -0.2) is 6.54 Å². The summed E-state index contributed by atoms with van der Waals surface area (Å²) in [5.74, 6) is -0.130. The molecule has 12 heavy (non-hydrogen) atoms. The van der Waals surface area contributed by atoms with E-state index < -0.39 is 0 Å². The van der Waals surface area contributed by atoms with E-state index in [4.69, 9.17) is 0 Å². The molecule has 1 atom stereocenters. The lowest BCUT2D eigenvalue weighted by molar-refractivity contribution is 0.370. The molecule has 0 bridgehead atoms. The number of nitrogens with one attached hydrogen (secondary N) is 1. The van der Waals surface area contributed by atoms with Crippen molar-refractivity contribution in [2.24, 2.45) is 0 Å². The van der Waals surface area contributed by atoms with Crippen LogP contribution in [0.4, 0.5) is 4.39 Å². The maximum atomic E-state index is 13.4. The molecule has 0 radical (unpaired) electrons. The first-order valence-corrected chi connectivity index (χ1v) is 4.75. The Morgan fingerprint density at radius 3 is 2.83 bits per heavy atom. The van der Waals surface area contributed by atoms with Gasteiger partial charge in [0.2, 0.25) is 0 Å². The van der Waals surface area contributed by atoms with Crippen LogP contribution in [0.3, 0.4) is 0 Å². The topological polar surface area (TPSA) is 12.0 Å². The molecule has 0 aromatic heterocycles. The van der Waals surface area contributed by atoms with Crippen molar-refractivity contribution >= 4 is 15.9 Å². The molecule has 0 unspecified atom stereocenters. The van der Waals surface area contributed by atoms with Crippen molar-refractivity contribution in [2.45, 2.75) is 12.5 Å². The summed E-state index contributed by atoms with van der Waals surface area (Å²) in [5.41, 5.74) is 0.774. The molecular weight excluding hydrogens is 221 g/mol. The van der Waals surface area contributed by atoms with Gasteiger partial charge in [-0.3, -0.25) is 0 Å². The SMILES string of the molecule is Fc1c(Br)cccc1[C@H]1CCN1. The van der Waals surface area contributed by atoms with Crippen LogP contribution < -0.4 is 5.32 Å². The molecule has 1 aromatic carbocycles. The fourth-order valence-corrected chi connectivity index (χ4v) is 1.73. The summed E-state index contributed by atoms with van der Waals surface area (Å²) in [6.45, 7) is 0.997. The predicted octanol–water partition coefficient (Wildman–Crippen LogP) is 2.62. The highest BCUT2D eigenvalue weighted by molar-refractivity contribution is 9.10. The van der Waals surface area contributed by atoms with Gasteiger partial charge in [0, 0.05) is 11.6 Å². The van der Waals surface area contributed by atoms with Crippen molar-refractivity contribution in [2.75, 3.05) is 6.54 Å². The number of hydrogen-bond acceptors (Lipinski definition) is 1. The van der Waals surface area contributed by atoms with Gasteiger partial charge in [-0.05, 0) is 35.0 Å². The van der Waals surface area contributed by atoms with Gasteiger partial charge in [0.1, 0.15) is 5.82 Å². The summed E-state index contributed by atoms with van der Waals surface area (Å²) in [5, 5.41) is 3.17. The van der Waals surface area contributed by atoms with Crippen LogP contribution in [0.2, 0.25) is 0 Å². The molecule has 3 heteroatoms. The van der Waals surface area contributed by atoms with Crippen molar-refractivity contribution in [3.8, 4) is 0 Å². The standard InChI is InChI=1S/C9H9BrFN/c10-7-3-1-2-6(9(7)11)8-4-5-12-8/h1-3,8,12H,4-5H2/t8-/m1/s1. The van der Waals surface area contributed by atoms with Crippen LogP contribution in [0.5, 0.6) is 0 Å². The fourth-order valence-electron chi connectivity index (χ4n) is 1.34. The molecule has 1 saturated heterocycles. The zero-order chi connectivity index (χ0) is 8.55. The van der Waals surface area contributed by atoms with Gasteiger partial charge in [0.25, 0.3) is 0 Å². The molecule has 1 heterocycles. The van der Waals surface area contributed by atoms with Crippen LogP contribution in [-0.2, 0) is 0 Å². The van der Waals surface area contributed by atoms with E-state index in [9.17, 15) is 4.39 Å². The third kappa shape index (κ3) is 1.27. The largest absolute Gasteiger partial charge is 0.310 e. The second-order valence-corrected chi connectivity index (χ2v) is 3.79. The first kappa shape index (κ1) is 8.20. The highest BCUT2D eigenvalue weighted by atomic mass is 79.9. The van der Waals surface area contributed by atoms with Gasteiger partial charge in [-0.25, -0.2) is 4.39 Å². The molecule has 0 amide bonds. The molecule has 0 spiro atoms. The van der Waals surface area contributed by atoms with Gasteiger partial charge in [-0.1, -0.05) is 12.1 Å². The van der Waals surface area contributed by atoms with E-state index in [0.29, 0.717) is 4.47 Å². The van der Waals surface area contributed by atoms with Crippen LogP contribution in [0.25, 0.3) is 0 Å². The van der Waals surface area contributed by atoms with E-state index >= 15 is 0 Å². The lowest BCUT2D eigenvalue weighted by Gasteiger charge is -2.28. The molecule has 1 nitrogen and oxygen atoms in total. The monoisotopic (exact) mass is 229 g/mol. The molecule has 0 saturated carbocycles. The van der Waals surface area contributed by atoms with Gasteiger partial charge in [0.15, 0.2) is 0 Å². The summed E-state index contributed by atoms with van der Waals surface area (Å²) >= 11 is 3.16. The molecule has 1 aliphatic heterocycles. The third-order valence-corrected chi connectivity index (χ3v) is 2.79. The Kier molecular flexibility index (Phi) is 2.15. The number of rotatable bonds is 1. The normalized spacial score (nSPS) is 22.0. The summed E-state index contributed by atoms with van der Waals surface area (Å²) in [6, 6.07) is 5.64. The summed E-state index contributed by atoms with van der Waals surface area (Å²) in [4.78, 5) is 0. The molecule has 2 rings (SSSR count). The van der Waals surface area contributed by atoms with Gasteiger partial charge < -0.3 is 5.32 Å². The third-order valence-electron chi connectivity index (χ3n) is 2.18. The van der Waals surface area contributed by atoms with Gasteiger partial charge in [-0.15, -0.1) is 0 Å². The number of hydrogen-bond donors (Lipinski definition) is 1. The Morgan fingerprint density at radius 1 is 1.50 bits per heavy atom.